The van der Waals surface area contributed by atoms with Crippen molar-refractivity contribution in [2.45, 2.75) is 51.5 Å². The highest BCUT2D eigenvalue weighted by Gasteiger charge is 2.47. The van der Waals surface area contributed by atoms with E-state index in [9.17, 15) is 18.0 Å². The molecule has 0 unspecified atom stereocenters. The van der Waals surface area contributed by atoms with Crippen molar-refractivity contribution in [1.82, 2.24) is 19.8 Å². The Morgan fingerprint density at radius 2 is 1.81 bits per heavy atom. The van der Waals surface area contributed by atoms with Gasteiger partial charge in [0.1, 0.15) is 5.75 Å². The smallest absolute Gasteiger partial charge is 0.451 e. The lowest BCUT2D eigenvalue weighted by atomic mass is 9.96. The molecule has 9 heteroatoms. The van der Waals surface area contributed by atoms with E-state index in [2.05, 4.69) is 34.8 Å². The zero-order valence-corrected chi connectivity index (χ0v) is 17.9. The third-order valence-electron chi connectivity index (χ3n) is 6.64. The van der Waals surface area contributed by atoms with E-state index in [1.54, 1.807) is 12.0 Å². The first-order valence-electron chi connectivity index (χ1n) is 10.2. The van der Waals surface area contributed by atoms with Gasteiger partial charge < -0.3 is 9.64 Å². The summed E-state index contributed by atoms with van der Waals surface area (Å²) in [6.45, 7) is 7.59. The summed E-state index contributed by atoms with van der Waals surface area (Å²) in [5, 5.41) is 0. The van der Waals surface area contributed by atoms with E-state index in [4.69, 9.17) is 4.74 Å². The zero-order chi connectivity index (χ0) is 22.5. The second-order valence-corrected chi connectivity index (χ2v) is 8.27. The number of carbonyl (C=O) groups excluding carboxylic acids is 1. The van der Waals surface area contributed by atoms with Gasteiger partial charge in [0, 0.05) is 43.6 Å². The van der Waals surface area contributed by atoms with E-state index in [0.717, 1.165) is 36.7 Å². The highest BCUT2D eigenvalue weighted by molar-refractivity contribution is 5.94. The lowest BCUT2D eigenvalue weighted by Crippen LogP contribution is -2.49. The van der Waals surface area contributed by atoms with Gasteiger partial charge in [0.15, 0.2) is 0 Å². The van der Waals surface area contributed by atoms with Crippen LogP contribution in [0.1, 0.15) is 52.3 Å². The van der Waals surface area contributed by atoms with E-state index >= 15 is 0 Å². The molecule has 0 radical (unpaired) electrons. The van der Waals surface area contributed by atoms with Crippen molar-refractivity contribution < 1.29 is 22.7 Å². The molecule has 2 saturated heterocycles. The number of fused-ring (bicyclic) bond motifs is 2. The van der Waals surface area contributed by atoms with Crippen LogP contribution in [0.2, 0.25) is 0 Å². The summed E-state index contributed by atoms with van der Waals surface area (Å²) < 4.78 is 43.4. The predicted molar refractivity (Wildman–Crippen MR) is 108 cm³/mol. The number of hydrogen-bond acceptors (Lipinski definition) is 5. The van der Waals surface area contributed by atoms with Crippen molar-refractivity contribution in [2.75, 3.05) is 20.2 Å². The first-order chi connectivity index (χ1) is 14.6. The summed E-state index contributed by atoms with van der Waals surface area (Å²) in [5.74, 6) is -0.686. The van der Waals surface area contributed by atoms with Gasteiger partial charge in [-0.1, -0.05) is 6.07 Å². The monoisotopic (exact) mass is 434 g/mol. The van der Waals surface area contributed by atoms with E-state index in [-0.39, 0.29) is 29.6 Å². The minimum atomic E-state index is -4.62. The van der Waals surface area contributed by atoms with Crippen LogP contribution in [0.5, 0.6) is 5.75 Å². The van der Waals surface area contributed by atoms with E-state index in [1.807, 2.05) is 13.0 Å². The molecule has 1 aromatic carbocycles. The third-order valence-corrected chi connectivity index (χ3v) is 6.64. The van der Waals surface area contributed by atoms with Gasteiger partial charge >= 0.3 is 6.18 Å². The van der Waals surface area contributed by atoms with Gasteiger partial charge in [-0.3, -0.25) is 9.69 Å². The first-order valence-corrected chi connectivity index (χ1v) is 10.2. The Morgan fingerprint density at radius 3 is 2.35 bits per heavy atom. The molecular weight excluding hydrogens is 409 g/mol. The number of ether oxygens (including phenoxy) is 1. The Kier molecular flexibility index (Phi) is 5.41. The molecule has 2 aliphatic heterocycles. The number of nitrogens with zero attached hydrogens (tertiary/aromatic N) is 4. The molecule has 2 bridgehead atoms. The van der Waals surface area contributed by atoms with Crippen LogP contribution in [-0.2, 0) is 6.18 Å². The highest BCUT2D eigenvalue weighted by Crippen LogP contribution is 2.39. The average molecular weight is 434 g/mol. The number of likely N-dealkylation sites (tertiary alicyclic amines) is 2. The van der Waals surface area contributed by atoms with Crippen LogP contribution in [0.3, 0.4) is 0 Å². The van der Waals surface area contributed by atoms with E-state index < -0.39 is 12.0 Å². The molecule has 31 heavy (non-hydrogen) atoms. The largest absolute Gasteiger partial charge is 0.496 e. The zero-order valence-electron chi connectivity index (χ0n) is 17.9. The maximum absolute atomic E-state index is 12.8. The van der Waals surface area contributed by atoms with E-state index in [0.29, 0.717) is 6.54 Å². The van der Waals surface area contributed by atoms with Crippen molar-refractivity contribution in [3.05, 3.63) is 52.6 Å². The van der Waals surface area contributed by atoms with Crippen LogP contribution in [-0.4, -0.2) is 58.0 Å². The number of rotatable bonds is 4. The lowest BCUT2D eigenvalue weighted by Gasteiger charge is -2.38. The Morgan fingerprint density at radius 1 is 1.13 bits per heavy atom. The van der Waals surface area contributed by atoms with Gasteiger partial charge in [0.2, 0.25) is 5.82 Å². The third kappa shape index (κ3) is 3.75. The van der Waals surface area contributed by atoms with Crippen LogP contribution < -0.4 is 4.74 Å². The van der Waals surface area contributed by atoms with Gasteiger partial charge in [0.05, 0.1) is 12.7 Å². The molecule has 0 N–H and O–H groups in total. The Balaban J connectivity index is 1.46. The fourth-order valence-corrected chi connectivity index (χ4v) is 4.84. The Hall–Kier alpha value is -2.68. The Labute approximate surface area is 179 Å². The Bertz CT molecular complexity index is 993. The number of halogens is 3. The molecule has 0 saturated carbocycles. The molecular formula is C22H25F3N4O2. The quantitative estimate of drug-likeness (QED) is 0.733. The number of carbonyl (C=O) groups is 1. The number of methoxy groups -OCH3 is 1. The van der Waals surface area contributed by atoms with Gasteiger partial charge in [0.25, 0.3) is 5.91 Å². The van der Waals surface area contributed by atoms with Gasteiger partial charge in [-0.2, -0.15) is 13.2 Å². The number of amides is 1. The molecule has 1 aromatic heterocycles. The summed E-state index contributed by atoms with van der Waals surface area (Å²) in [7, 11) is 1.66. The van der Waals surface area contributed by atoms with Crippen molar-refractivity contribution in [3.8, 4) is 5.75 Å². The van der Waals surface area contributed by atoms with Crippen molar-refractivity contribution in [1.29, 1.82) is 0 Å². The van der Waals surface area contributed by atoms with E-state index in [1.165, 1.54) is 11.1 Å². The summed E-state index contributed by atoms with van der Waals surface area (Å²) in [5.41, 5.74) is 3.64. The second kappa shape index (κ2) is 7.78. The fourth-order valence-electron chi connectivity index (χ4n) is 4.84. The molecule has 4 rings (SSSR count). The number of hydrogen-bond donors (Lipinski definition) is 0. The number of benzene rings is 1. The standard InChI is InChI=1S/C22H25F3N4O2/c1-12-13(2)19(31-4)6-5-18(12)14(3)28-10-17-7-16(28)11-29(17)20(30)15-8-26-21(27-9-15)22(23,24)25/h5-6,8-9,14,16-17H,7,10-11H2,1-4H3/t14-,16-,17-/m0/s1. The van der Waals surface area contributed by atoms with Crippen molar-refractivity contribution in [2.24, 2.45) is 0 Å². The molecule has 6 nitrogen and oxygen atoms in total. The van der Waals surface area contributed by atoms with Crippen LogP contribution in [0, 0.1) is 13.8 Å². The van der Waals surface area contributed by atoms with Crippen LogP contribution >= 0.6 is 0 Å². The lowest BCUT2D eigenvalue weighted by molar-refractivity contribution is -0.145. The average Bonchev–Trinajstić information content (AvgIpc) is 3.35. The normalized spacial score (nSPS) is 22.1. The maximum Gasteiger partial charge on any atom is 0.451 e. The topological polar surface area (TPSA) is 58.6 Å². The van der Waals surface area contributed by atoms with Gasteiger partial charge in [-0.15, -0.1) is 0 Å². The van der Waals surface area contributed by atoms with Crippen LogP contribution in [0.15, 0.2) is 24.5 Å². The summed E-state index contributed by atoms with van der Waals surface area (Å²) in [6, 6.07) is 4.51. The fraction of sp³-hybridized carbons (Fsp3) is 0.500. The molecule has 2 fully saturated rings. The van der Waals surface area contributed by atoms with Crippen LogP contribution in [0.25, 0.3) is 0 Å². The molecule has 3 atom stereocenters. The molecule has 3 heterocycles. The SMILES string of the molecule is COc1ccc([C@H](C)N2C[C@@H]3C[C@H]2CN3C(=O)c2cnc(C(F)(F)F)nc2)c(C)c1C. The highest BCUT2D eigenvalue weighted by atomic mass is 19.4. The minimum absolute atomic E-state index is 0.0295. The number of aromatic nitrogens is 2. The van der Waals surface area contributed by atoms with Gasteiger partial charge in [-0.05, 0) is 49.9 Å². The second-order valence-electron chi connectivity index (χ2n) is 8.27. The minimum Gasteiger partial charge on any atom is -0.496 e. The molecule has 2 aliphatic rings. The van der Waals surface area contributed by atoms with Crippen molar-refractivity contribution in [3.63, 3.8) is 0 Å². The molecule has 0 spiro atoms. The predicted octanol–water partition coefficient (Wildman–Crippen LogP) is 3.78. The van der Waals surface area contributed by atoms with Crippen molar-refractivity contribution >= 4 is 5.91 Å². The first kappa shape index (κ1) is 21.5. The number of alkyl halides is 3. The summed E-state index contributed by atoms with van der Waals surface area (Å²) >= 11 is 0. The molecule has 1 amide bonds. The number of piperazine rings is 1. The molecule has 166 valence electrons. The summed E-state index contributed by atoms with van der Waals surface area (Å²) in [6.07, 6.45) is -1.84. The molecule has 2 aromatic rings. The van der Waals surface area contributed by atoms with Gasteiger partial charge in [-0.25, -0.2) is 9.97 Å². The summed E-state index contributed by atoms with van der Waals surface area (Å²) in [4.78, 5) is 23.6. The maximum atomic E-state index is 12.8. The molecule has 0 aliphatic carbocycles. The van der Waals surface area contributed by atoms with Crippen LogP contribution in [0.4, 0.5) is 13.2 Å².